The van der Waals surface area contributed by atoms with Crippen LogP contribution in [0.5, 0.6) is 0 Å². The van der Waals surface area contributed by atoms with Crippen LogP contribution < -0.4 is 10.9 Å². The molecule has 23 heavy (non-hydrogen) atoms. The number of aryl methyl sites for hydroxylation is 1. The van der Waals surface area contributed by atoms with E-state index in [0.717, 1.165) is 0 Å². The second-order valence-corrected chi connectivity index (χ2v) is 5.32. The van der Waals surface area contributed by atoms with E-state index in [0.29, 0.717) is 35.0 Å². The number of ketones is 1. The number of aromatic amines is 1. The van der Waals surface area contributed by atoms with Crippen LogP contribution in [-0.2, 0) is 6.42 Å². The molecule has 6 nitrogen and oxygen atoms in total. The van der Waals surface area contributed by atoms with Crippen LogP contribution in [0.1, 0.15) is 22.3 Å². The lowest BCUT2D eigenvalue weighted by molar-refractivity contribution is 0.0994. The van der Waals surface area contributed by atoms with Crippen LogP contribution in [0.15, 0.2) is 35.3 Å². The Morgan fingerprint density at radius 2 is 1.91 bits per heavy atom. The predicted molar refractivity (Wildman–Crippen MR) is 82.5 cm³/mol. The molecule has 0 spiro atoms. The standard InChI is InChI=1S/C16H11FN4O2/c17-8-1-3-9(4-2-8)19-16-20-14-13(15(23)21-16)10-5-6-12(22)11(10)7-18-14/h1-4,7H,5-6H2,(H2,18,19,20,21,23). The number of aromatic nitrogens is 3. The number of benzene rings is 1. The molecule has 0 bridgehead atoms. The Bertz CT molecular complexity index is 995. The van der Waals surface area contributed by atoms with Gasteiger partial charge in [0.15, 0.2) is 11.4 Å². The lowest BCUT2D eigenvalue weighted by Crippen LogP contribution is -2.14. The van der Waals surface area contributed by atoms with E-state index >= 15 is 0 Å². The molecule has 114 valence electrons. The number of hydrogen-bond donors (Lipinski definition) is 2. The van der Waals surface area contributed by atoms with Gasteiger partial charge in [0.2, 0.25) is 5.95 Å². The summed E-state index contributed by atoms with van der Waals surface area (Å²) in [7, 11) is 0. The van der Waals surface area contributed by atoms with Crippen molar-refractivity contribution in [2.75, 3.05) is 5.32 Å². The molecule has 0 unspecified atom stereocenters. The molecule has 1 aliphatic carbocycles. The van der Waals surface area contributed by atoms with Gasteiger partial charge < -0.3 is 5.32 Å². The van der Waals surface area contributed by atoms with Crippen molar-refractivity contribution in [2.24, 2.45) is 0 Å². The van der Waals surface area contributed by atoms with Crippen LogP contribution in [0.3, 0.4) is 0 Å². The maximum atomic E-state index is 12.9. The molecule has 0 amide bonds. The Kier molecular flexibility index (Phi) is 2.94. The lowest BCUT2D eigenvalue weighted by atomic mass is 10.1. The van der Waals surface area contributed by atoms with Crippen molar-refractivity contribution in [1.29, 1.82) is 0 Å². The normalized spacial score (nSPS) is 13.3. The fourth-order valence-electron chi connectivity index (χ4n) is 2.77. The molecule has 2 aromatic heterocycles. The largest absolute Gasteiger partial charge is 0.326 e. The zero-order valence-corrected chi connectivity index (χ0v) is 11.9. The number of anilines is 2. The minimum atomic E-state index is -0.350. The highest BCUT2D eigenvalue weighted by Crippen LogP contribution is 2.26. The third kappa shape index (κ3) is 2.26. The number of carbonyl (C=O) groups is 1. The van der Waals surface area contributed by atoms with E-state index in [-0.39, 0.29) is 28.8 Å². The van der Waals surface area contributed by atoms with Gasteiger partial charge in [-0.3, -0.25) is 14.6 Å². The molecule has 3 aromatic rings. The van der Waals surface area contributed by atoms with E-state index in [9.17, 15) is 14.0 Å². The van der Waals surface area contributed by atoms with Crippen LogP contribution in [0.25, 0.3) is 11.0 Å². The zero-order valence-electron chi connectivity index (χ0n) is 11.9. The zero-order chi connectivity index (χ0) is 16.0. The van der Waals surface area contributed by atoms with E-state index in [4.69, 9.17) is 0 Å². The number of hydrogen-bond acceptors (Lipinski definition) is 5. The van der Waals surface area contributed by atoms with E-state index in [1.54, 1.807) is 0 Å². The van der Waals surface area contributed by atoms with Gasteiger partial charge in [0, 0.05) is 23.9 Å². The topological polar surface area (TPSA) is 87.7 Å². The molecule has 1 aliphatic rings. The third-order valence-electron chi connectivity index (χ3n) is 3.85. The maximum Gasteiger partial charge on any atom is 0.262 e. The minimum Gasteiger partial charge on any atom is -0.326 e. The molecular weight excluding hydrogens is 299 g/mol. The molecule has 0 saturated heterocycles. The molecule has 2 heterocycles. The Hall–Kier alpha value is -3.09. The average Bonchev–Trinajstić information content (AvgIpc) is 2.91. The van der Waals surface area contributed by atoms with Crippen molar-refractivity contribution in [2.45, 2.75) is 12.8 Å². The fraction of sp³-hybridized carbons (Fsp3) is 0.125. The van der Waals surface area contributed by atoms with Gasteiger partial charge >= 0.3 is 0 Å². The highest BCUT2D eigenvalue weighted by Gasteiger charge is 2.24. The Morgan fingerprint density at radius 3 is 2.70 bits per heavy atom. The first kappa shape index (κ1) is 13.6. The highest BCUT2D eigenvalue weighted by molar-refractivity contribution is 6.04. The summed E-state index contributed by atoms with van der Waals surface area (Å²) in [4.78, 5) is 35.1. The van der Waals surface area contributed by atoms with E-state index < -0.39 is 0 Å². The van der Waals surface area contributed by atoms with Crippen molar-refractivity contribution < 1.29 is 9.18 Å². The summed E-state index contributed by atoms with van der Waals surface area (Å²) in [5.74, 6) is -0.134. The summed E-state index contributed by atoms with van der Waals surface area (Å²) in [6.07, 6.45) is 2.40. The number of H-pyrrole nitrogens is 1. The summed E-state index contributed by atoms with van der Waals surface area (Å²) < 4.78 is 12.9. The van der Waals surface area contributed by atoms with Crippen molar-refractivity contribution in [3.05, 3.63) is 57.8 Å². The van der Waals surface area contributed by atoms with E-state index in [1.807, 2.05) is 0 Å². The van der Waals surface area contributed by atoms with Gasteiger partial charge in [0.1, 0.15) is 5.82 Å². The molecule has 0 fully saturated rings. The van der Waals surface area contributed by atoms with Crippen LogP contribution in [0.4, 0.5) is 16.0 Å². The summed E-state index contributed by atoms with van der Waals surface area (Å²) in [6.45, 7) is 0. The SMILES string of the molecule is O=C1CCc2c1cnc1nc(Nc3ccc(F)cc3)[nH]c(=O)c21. The average molecular weight is 310 g/mol. The molecule has 0 atom stereocenters. The first-order chi connectivity index (χ1) is 11.1. The molecule has 2 N–H and O–H groups in total. The van der Waals surface area contributed by atoms with Crippen LogP contribution in [-0.4, -0.2) is 20.7 Å². The van der Waals surface area contributed by atoms with Gasteiger partial charge in [-0.1, -0.05) is 0 Å². The van der Waals surface area contributed by atoms with Crippen molar-refractivity contribution in [3.8, 4) is 0 Å². The number of pyridine rings is 1. The number of Topliss-reactive ketones (excluding diaryl/α,β-unsaturated/α-hetero) is 1. The van der Waals surface area contributed by atoms with Gasteiger partial charge in [0.05, 0.1) is 5.39 Å². The van der Waals surface area contributed by atoms with Gasteiger partial charge in [0.25, 0.3) is 5.56 Å². The third-order valence-corrected chi connectivity index (χ3v) is 3.85. The Balaban J connectivity index is 1.81. The molecular formula is C16H11FN4O2. The lowest BCUT2D eigenvalue weighted by Gasteiger charge is -2.07. The van der Waals surface area contributed by atoms with Crippen molar-refractivity contribution in [1.82, 2.24) is 15.0 Å². The maximum absolute atomic E-state index is 12.9. The quantitative estimate of drug-likeness (QED) is 0.758. The first-order valence-corrected chi connectivity index (χ1v) is 7.09. The first-order valence-electron chi connectivity index (χ1n) is 7.09. The molecule has 0 aliphatic heterocycles. The molecule has 0 radical (unpaired) electrons. The van der Waals surface area contributed by atoms with Gasteiger partial charge in [-0.2, -0.15) is 4.98 Å². The summed E-state index contributed by atoms with van der Waals surface area (Å²) in [6, 6.07) is 5.68. The number of rotatable bonds is 2. The molecule has 0 saturated carbocycles. The highest BCUT2D eigenvalue weighted by atomic mass is 19.1. The van der Waals surface area contributed by atoms with Crippen LogP contribution in [0.2, 0.25) is 0 Å². The van der Waals surface area contributed by atoms with Crippen molar-refractivity contribution >= 4 is 28.5 Å². The Morgan fingerprint density at radius 1 is 1.13 bits per heavy atom. The summed E-state index contributed by atoms with van der Waals surface area (Å²) in [5.41, 5.74) is 1.74. The van der Waals surface area contributed by atoms with Crippen molar-refractivity contribution in [3.63, 3.8) is 0 Å². The molecule has 4 rings (SSSR count). The van der Waals surface area contributed by atoms with Gasteiger partial charge in [-0.25, -0.2) is 9.37 Å². The fourth-order valence-corrected chi connectivity index (χ4v) is 2.77. The predicted octanol–water partition coefficient (Wildman–Crippen LogP) is 2.33. The number of halogens is 1. The second-order valence-electron chi connectivity index (χ2n) is 5.32. The number of fused-ring (bicyclic) bond motifs is 3. The number of nitrogens with zero attached hydrogens (tertiary/aromatic N) is 2. The van der Waals surface area contributed by atoms with E-state index in [2.05, 4.69) is 20.3 Å². The number of nitrogens with one attached hydrogen (secondary N) is 2. The summed E-state index contributed by atoms with van der Waals surface area (Å²) >= 11 is 0. The van der Waals surface area contributed by atoms with Gasteiger partial charge in [-0.05, 0) is 36.2 Å². The number of carbonyl (C=O) groups excluding carboxylic acids is 1. The van der Waals surface area contributed by atoms with E-state index in [1.165, 1.54) is 30.5 Å². The Labute approximate surface area is 129 Å². The monoisotopic (exact) mass is 310 g/mol. The van der Waals surface area contributed by atoms with Crippen LogP contribution >= 0.6 is 0 Å². The smallest absolute Gasteiger partial charge is 0.262 e. The van der Waals surface area contributed by atoms with Gasteiger partial charge in [-0.15, -0.1) is 0 Å². The van der Waals surface area contributed by atoms with Crippen LogP contribution in [0, 0.1) is 5.82 Å². The summed E-state index contributed by atoms with van der Waals surface area (Å²) in [5, 5.41) is 3.26. The molecule has 7 heteroatoms. The minimum absolute atomic E-state index is 0.00214. The molecule has 1 aromatic carbocycles. The second kappa shape index (κ2) is 4.98.